The van der Waals surface area contributed by atoms with E-state index >= 15 is 0 Å². The van der Waals surface area contributed by atoms with Crippen molar-refractivity contribution in [3.63, 3.8) is 0 Å². The molecule has 104 valence electrons. The quantitative estimate of drug-likeness (QED) is 0.514. The lowest BCUT2D eigenvalue weighted by Crippen LogP contribution is -2.50. The molecule has 20 heavy (non-hydrogen) atoms. The molecule has 0 aromatic heterocycles. The summed E-state index contributed by atoms with van der Waals surface area (Å²) in [5.74, 6) is 1.77. The number of carbonyl (C=O) groups excluding carboxylic acids is 2. The van der Waals surface area contributed by atoms with E-state index in [0.29, 0.717) is 17.0 Å². The van der Waals surface area contributed by atoms with Crippen LogP contribution in [0.2, 0.25) is 0 Å². The van der Waals surface area contributed by atoms with Gasteiger partial charge in [-0.05, 0) is 18.6 Å². The molecule has 5 nitrogen and oxygen atoms in total. The lowest BCUT2D eigenvalue weighted by Gasteiger charge is -2.23. The predicted molar refractivity (Wildman–Crippen MR) is 73.9 cm³/mol. The Morgan fingerprint density at radius 1 is 1.45 bits per heavy atom. The minimum atomic E-state index is -1.56. The van der Waals surface area contributed by atoms with Crippen molar-refractivity contribution in [3.8, 4) is 18.1 Å². The molecule has 1 aromatic rings. The number of fused-ring (bicyclic) bond motifs is 1. The summed E-state index contributed by atoms with van der Waals surface area (Å²) < 4.78 is 9.97. The molecule has 1 aliphatic heterocycles. The Labute approximate surface area is 117 Å². The molecule has 5 heteroatoms. The van der Waals surface area contributed by atoms with Gasteiger partial charge in [0.05, 0.1) is 31.9 Å². The van der Waals surface area contributed by atoms with Gasteiger partial charge in [0, 0.05) is 0 Å². The van der Waals surface area contributed by atoms with Crippen LogP contribution in [0.4, 0.5) is 5.69 Å². The van der Waals surface area contributed by atoms with Gasteiger partial charge in [0.15, 0.2) is 0 Å². The summed E-state index contributed by atoms with van der Waals surface area (Å²) in [5.41, 5.74) is 0.0925. The number of nitrogens with one attached hydrogen (secondary N) is 1. The van der Waals surface area contributed by atoms with Gasteiger partial charge in [0.25, 0.3) is 0 Å². The van der Waals surface area contributed by atoms with Gasteiger partial charge in [-0.3, -0.25) is 4.79 Å². The van der Waals surface area contributed by atoms with E-state index in [4.69, 9.17) is 15.9 Å². The second-order valence-corrected chi connectivity index (χ2v) is 4.57. The largest absolute Gasteiger partial charge is 0.495 e. The average molecular weight is 273 g/mol. The number of ether oxygens (including phenoxy) is 2. The molecule has 1 atom stereocenters. The van der Waals surface area contributed by atoms with Crippen molar-refractivity contribution in [1.29, 1.82) is 0 Å². The SMILES string of the molecule is C#CCC1(C(=O)OC)Nc2c(OC)ccc(C)c2C1=O. The fourth-order valence-electron chi connectivity index (χ4n) is 2.43. The number of hydrogen-bond donors (Lipinski definition) is 1. The van der Waals surface area contributed by atoms with Crippen molar-refractivity contribution in [3.05, 3.63) is 23.3 Å². The lowest BCUT2D eigenvalue weighted by molar-refractivity contribution is -0.143. The van der Waals surface area contributed by atoms with Crippen molar-refractivity contribution >= 4 is 17.4 Å². The molecular formula is C15H15NO4. The van der Waals surface area contributed by atoms with Crippen LogP contribution >= 0.6 is 0 Å². The first-order chi connectivity index (χ1) is 9.51. The summed E-state index contributed by atoms with van der Waals surface area (Å²) in [7, 11) is 2.72. The summed E-state index contributed by atoms with van der Waals surface area (Å²) >= 11 is 0. The molecule has 0 fully saturated rings. The minimum Gasteiger partial charge on any atom is -0.495 e. The van der Waals surface area contributed by atoms with Crippen LogP contribution in [0.3, 0.4) is 0 Å². The van der Waals surface area contributed by atoms with Gasteiger partial charge < -0.3 is 14.8 Å². The average Bonchev–Trinajstić information content (AvgIpc) is 2.74. The lowest BCUT2D eigenvalue weighted by atomic mass is 9.89. The molecule has 1 aliphatic rings. The number of carbonyl (C=O) groups is 2. The monoisotopic (exact) mass is 273 g/mol. The van der Waals surface area contributed by atoms with Gasteiger partial charge in [0.1, 0.15) is 5.75 Å². The maximum atomic E-state index is 12.7. The normalized spacial score (nSPS) is 19.8. The number of rotatable bonds is 3. The number of benzene rings is 1. The molecule has 0 spiro atoms. The maximum absolute atomic E-state index is 12.7. The molecular weight excluding hydrogens is 258 g/mol. The maximum Gasteiger partial charge on any atom is 0.340 e. The summed E-state index contributed by atoms with van der Waals surface area (Å²) in [6.07, 6.45) is 5.22. The molecule has 0 saturated heterocycles. The van der Waals surface area contributed by atoms with E-state index < -0.39 is 11.5 Å². The summed E-state index contributed by atoms with van der Waals surface area (Å²) in [6.45, 7) is 1.79. The highest BCUT2D eigenvalue weighted by molar-refractivity contribution is 6.26. The summed E-state index contributed by atoms with van der Waals surface area (Å²) in [4.78, 5) is 24.8. The third-order valence-corrected chi connectivity index (χ3v) is 3.45. The highest BCUT2D eigenvalue weighted by Gasteiger charge is 2.53. The first kappa shape index (κ1) is 13.9. The second kappa shape index (κ2) is 4.89. The van der Waals surface area contributed by atoms with Crippen LogP contribution in [-0.2, 0) is 9.53 Å². The molecule has 0 saturated carbocycles. The smallest absolute Gasteiger partial charge is 0.340 e. The zero-order valence-corrected chi connectivity index (χ0v) is 11.6. The van der Waals surface area contributed by atoms with Crippen LogP contribution in [-0.4, -0.2) is 31.5 Å². The van der Waals surface area contributed by atoms with Crippen LogP contribution in [0.15, 0.2) is 12.1 Å². The van der Waals surface area contributed by atoms with Gasteiger partial charge in [-0.1, -0.05) is 6.07 Å². The van der Waals surface area contributed by atoms with E-state index in [-0.39, 0.29) is 12.2 Å². The summed E-state index contributed by atoms with van der Waals surface area (Å²) in [5, 5.41) is 2.92. The Morgan fingerprint density at radius 2 is 2.15 bits per heavy atom. The Hall–Kier alpha value is -2.48. The molecule has 0 radical (unpaired) electrons. The zero-order chi connectivity index (χ0) is 14.9. The molecule has 1 N–H and O–H groups in total. The van der Waals surface area contributed by atoms with Gasteiger partial charge in [-0.2, -0.15) is 0 Å². The number of hydrogen-bond acceptors (Lipinski definition) is 5. The Balaban J connectivity index is 2.65. The predicted octanol–water partition coefficient (Wildman–Crippen LogP) is 1.55. The molecule has 1 aromatic carbocycles. The third kappa shape index (κ3) is 1.73. The number of aryl methyl sites for hydroxylation is 1. The van der Waals surface area contributed by atoms with Gasteiger partial charge >= 0.3 is 5.97 Å². The van der Waals surface area contributed by atoms with Crippen LogP contribution in [0.5, 0.6) is 5.75 Å². The Morgan fingerprint density at radius 3 is 2.70 bits per heavy atom. The zero-order valence-electron chi connectivity index (χ0n) is 11.6. The van der Waals surface area contributed by atoms with E-state index in [1.807, 2.05) is 0 Å². The van der Waals surface area contributed by atoms with Gasteiger partial charge in [-0.15, -0.1) is 12.3 Å². The molecule has 1 unspecified atom stereocenters. The Bertz CT molecular complexity index is 629. The van der Waals surface area contributed by atoms with E-state index in [1.54, 1.807) is 19.1 Å². The van der Waals surface area contributed by atoms with Crippen LogP contribution < -0.4 is 10.1 Å². The second-order valence-electron chi connectivity index (χ2n) is 4.57. The fraction of sp³-hybridized carbons (Fsp3) is 0.333. The van der Waals surface area contributed by atoms with Crippen molar-refractivity contribution < 1.29 is 19.1 Å². The first-order valence-electron chi connectivity index (χ1n) is 6.04. The van der Waals surface area contributed by atoms with Crippen molar-refractivity contribution in [2.45, 2.75) is 18.9 Å². The van der Waals surface area contributed by atoms with Gasteiger partial charge in [-0.25, -0.2) is 4.79 Å². The van der Waals surface area contributed by atoms with Crippen LogP contribution in [0.25, 0.3) is 0 Å². The van der Waals surface area contributed by atoms with E-state index in [9.17, 15) is 9.59 Å². The Kier molecular flexibility index (Phi) is 3.41. The number of ketones is 1. The summed E-state index contributed by atoms with van der Waals surface area (Å²) in [6, 6.07) is 3.50. The number of esters is 1. The molecule has 0 aliphatic carbocycles. The standard InChI is InChI=1S/C15H15NO4/c1-5-8-15(14(18)20-4)13(17)11-9(2)6-7-10(19-3)12(11)16-15/h1,6-7,16H,8H2,2-4H3. The van der Waals surface area contributed by atoms with E-state index in [0.717, 1.165) is 5.56 Å². The van der Waals surface area contributed by atoms with Crippen molar-refractivity contribution in [2.75, 3.05) is 19.5 Å². The van der Waals surface area contributed by atoms with E-state index in [2.05, 4.69) is 11.2 Å². The number of methoxy groups -OCH3 is 2. The number of terminal acetylenes is 1. The molecule has 0 bridgehead atoms. The number of anilines is 1. The minimum absolute atomic E-state index is 0.0875. The number of Topliss-reactive ketones (excluding diaryl/α,β-unsaturated/α-hetero) is 1. The highest BCUT2D eigenvalue weighted by atomic mass is 16.5. The van der Waals surface area contributed by atoms with Crippen LogP contribution in [0, 0.1) is 19.3 Å². The molecule has 0 amide bonds. The first-order valence-corrected chi connectivity index (χ1v) is 6.04. The van der Waals surface area contributed by atoms with Gasteiger partial charge in [0.2, 0.25) is 11.3 Å². The topological polar surface area (TPSA) is 64.6 Å². The third-order valence-electron chi connectivity index (χ3n) is 3.45. The molecule has 2 rings (SSSR count). The van der Waals surface area contributed by atoms with Crippen molar-refractivity contribution in [1.82, 2.24) is 0 Å². The van der Waals surface area contributed by atoms with Crippen LogP contribution in [0.1, 0.15) is 22.3 Å². The van der Waals surface area contributed by atoms with E-state index in [1.165, 1.54) is 14.2 Å². The molecule has 1 heterocycles. The highest BCUT2D eigenvalue weighted by Crippen LogP contribution is 2.42. The van der Waals surface area contributed by atoms with Crippen molar-refractivity contribution in [2.24, 2.45) is 0 Å². The fourth-order valence-corrected chi connectivity index (χ4v) is 2.43.